The molecule has 0 unspecified atom stereocenters. The van der Waals surface area contributed by atoms with Crippen molar-refractivity contribution in [1.82, 2.24) is 35.4 Å². The van der Waals surface area contributed by atoms with E-state index in [1.54, 1.807) is 60.6 Å². The van der Waals surface area contributed by atoms with Gasteiger partial charge in [-0.05, 0) is 47.4 Å². The van der Waals surface area contributed by atoms with Crippen LogP contribution in [0.3, 0.4) is 0 Å². The number of amides is 5. The molecule has 428 valence electrons. The summed E-state index contributed by atoms with van der Waals surface area (Å²) in [6, 6.07) is 20.3. The third-order valence-electron chi connectivity index (χ3n) is 13.5. The van der Waals surface area contributed by atoms with Gasteiger partial charge in [-0.2, -0.15) is 29.0 Å². The van der Waals surface area contributed by atoms with E-state index in [-0.39, 0.29) is 170 Å². The molecule has 2 aromatic heterocycles. The maximum atomic E-state index is 14.9. The number of hydrogen-bond acceptors (Lipinski definition) is 15. The van der Waals surface area contributed by atoms with Gasteiger partial charge in [0.2, 0.25) is 23.6 Å². The molecule has 3 atom stereocenters. The normalized spacial score (nSPS) is 15.7. The Bertz CT molecular complexity index is 3090. The molecule has 0 spiro atoms. The standard InChI is InChI=1S/C59H68FN11O10.Cs/c1-38(62)31-39-9-11-40(12-10-39)35-65-57(76)49-33-43(72)37-71(49)58(77)54(59(2,3)4)68-51(73)17-25-79-27-29-81-30-28-80-26-18-52(74)70-23-21-69(22-24-70)48-32-41(44-36-63-19-15-42(44)34-61)13-14-46(48)67-56(75)47-16-20-64-55(66-47)53-45(60)7-6-8-50(53)78-5;/h6-16,19-20,32,36,43,49,54,62,72H,17-18,21-30,33,35,37H2,1-5H3,(H,65,76)(H,67,75)(H,68,73);/q-2;+1/t43-,49+,54-;/m1./s1. The number of nitrogens with one attached hydrogen (secondary N) is 4. The number of anilines is 2. The van der Waals surface area contributed by atoms with Crippen LogP contribution < -0.4 is 94.5 Å². The zero-order chi connectivity index (χ0) is 58.1. The molecule has 0 saturated carbocycles. The van der Waals surface area contributed by atoms with E-state index in [4.69, 9.17) is 24.7 Å². The van der Waals surface area contributed by atoms with E-state index in [9.17, 15) is 38.7 Å². The fraction of sp³-hybridized carbons (Fsp3) is 0.407. The first-order valence-corrected chi connectivity index (χ1v) is 26.6. The number of hydrogen-bond donors (Lipinski definition) is 4. The molecule has 0 radical (unpaired) electrons. The summed E-state index contributed by atoms with van der Waals surface area (Å²) in [7, 11) is 1.40. The fourth-order valence-corrected chi connectivity index (χ4v) is 9.28. The average molecular weight is 1240 g/mol. The van der Waals surface area contributed by atoms with Gasteiger partial charge in [-0.1, -0.05) is 45.4 Å². The molecule has 2 aliphatic rings. The molecule has 3 aromatic carbocycles. The summed E-state index contributed by atoms with van der Waals surface area (Å²) >= 11 is 0. The van der Waals surface area contributed by atoms with Crippen LogP contribution in [0.4, 0.5) is 15.8 Å². The van der Waals surface area contributed by atoms with Crippen LogP contribution in [0.2, 0.25) is 0 Å². The predicted molar refractivity (Wildman–Crippen MR) is 298 cm³/mol. The Labute approximate surface area is 535 Å². The summed E-state index contributed by atoms with van der Waals surface area (Å²) < 4.78 is 37.2. The minimum Gasteiger partial charge on any atom is -0.713 e. The second kappa shape index (κ2) is 31.4. The molecule has 23 heteroatoms. The number of aliphatic hydroxyl groups is 1. The molecule has 7 rings (SSSR count). The summed E-state index contributed by atoms with van der Waals surface area (Å²) in [4.78, 5) is 85.4. The number of nitriles is 1. The number of carbonyl (C=O) groups is 5. The molecule has 2 saturated heterocycles. The van der Waals surface area contributed by atoms with Crippen molar-refractivity contribution < 1.29 is 121 Å². The van der Waals surface area contributed by atoms with E-state index >= 15 is 0 Å². The second-order valence-corrected chi connectivity index (χ2v) is 20.4. The van der Waals surface area contributed by atoms with Gasteiger partial charge in [0, 0.05) is 76.3 Å². The van der Waals surface area contributed by atoms with Gasteiger partial charge < -0.3 is 60.4 Å². The molecular formula is C59H68CsFN11O10-. The van der Waals surface area contributed by atoms with Gasteiger partial charge >= 0.3 is 68.9 Å². The Hall–Kier alpha value is -6.31. The molecule has 2 aliphatic heterocycles. The minimum absolute atomic E-state index is 0. The summed E-state index contributed by atoms with van der Waals surface area (Å²) in [5, 5.41) is 29.0. The molecule has 0 bridgehead atoms. The third-order valence-corrected chi connectivity index (χ3v) is 13.5. The van der Waals surface area contributed by atoms with Gasteiger partial charge in [-0.3, -0.25) is 29.0 Å². The molecule has 21 nitrogen and oxygen atoms in total. The Morgan fingerprint density at radius 2 is 1.61 bits per heavy atom. The number of ether oxygens (including phenoxy) is 4. The molecule has 2 fully saturated rings. The van der Waals surface area contributed by atoms with Gasteiger partial charge in [-0.25, -0.2) is 20.1 Å². The molecule has 5 aromatic rings. The molecule has 4 heterocycles. The van der Waals surface area contributed by atoms with Crippen LogP contribution in [0.15, 0.2) is 97.1 Å². The van der Waals surface area contributed by atoms with E-state index in [1.165, 1.54) is 36.4 Å². The average Bonchev–Trinajstić information content (AvgIpc) is 4.02. The van der Waals surface area contributed by atoms with Gasteiger partial charge in [0.15, 0.2) is 5.82 Å². The van der Waals surface area contributed by atoms with E-state index in [0.29, 0.717) is 59.9 Å². The maximum absolute atomic E-state index is 14.9. The molecular weight excluding hydrogens is 1170 g/mol. The third kappa shape index (κ3) is 18.1. The number of allylic oxidation sites excluding steroid dienone is 1. The first-order valence-electron chi connectivity index (χ1n) is 26.6. The number of likely N-dealkylation sites (tertiary alicyclic amines) is 1. The van der Waals surface area contributed by atoms with Crippen LogP contribution in [0.25, 0.3) is 28.2 Å². The minimum atomic E-state index is -0.979. The Kier molecular flexibility index (Phi) is 24.8. The first-order chi connectivity index (χ1) is 38.9. The number of halogens is 1. The number of aromatic nitrogens is 3. The van der Waals surface area contributed by atoms with Gasteiger partial charge in [-0.15, -0.1) is 12.1 Å². The number of nitrogens with zero attached hydrogens (tertiary/aromatic N) is 7. The van der Waals surface area contributed by atoms with Crippen molar-refractivity contribution in [3.63, 3.8) is 0 Å². The van der Waals surface area contributed by atoms with Crippen LogP contribution in [-0.2, 0) is 39.9 Å². The van der Waals surface area contributed by atoms with Crippen molar-refractivity contribution in [3.05, 3.63) is 137 Å². The number of benzene rings is 3. The van der Waals surface area contributed by atoms with Crippen molar-refractivity contribution >= 4 is 40.9 Å². The monoisotopic (exact) mass is 1240 g/mol. The van der Waals surface area contributed by atoms with Gasteiger partial charge in [0.25, 0.3) is 5.91 Å². The fourth-order valence-electron chi connectivity index (χ4n) is 9.28. The SMILES string of the molecule is COc1cccc(F)c1-c1nccc(C(=O)Nc2ccc(-c3cnccc3C#N)cc2N2CCN(C(=O)CCOCCOCCOCCC(=O)N[C@H](C(=O)N3C[C@H](O)C[C@H]3C(=O)NCc3ccc([C-]=C(C)[NH-])cc3)C(C)(C)C)CC2)n1.[Cs+]. The van der Waals surface area contributed by atoms with Crippen molar-refractivity contribution in [2.24, 2.45) is 5.41 Å². The van der Waals surface area contributed by atoms with Crippen LogP contribution in [0, 0.1) is 28.6 Å². The number of β-amino-alcohol motifs (C(OH)–C–C–N with tert-alkyl or cyclic N) is 1. The van der Waals surface area contributed by atoms with Gasteiger partial charge in [0.1, 0.15) is 29.3 Å². The Balaban J connectivity index is 0.0000108. The summed E-state index contributed by atoms with van der Waals surface area (Å²) in [6.07, 6.45) is 6.70. The number of rotatable bonds is 24. The number of pyridine rings is 1. The van der Waals surface area contributed by atoms with Crippen LogP contribution in [0.5, 0.6) is 5.75 Å². The van der Waals surface area contributed by atoms with Crippen LogP contribution in [-0.4, -0.2) is 157 Å². The Morgan fingerprint density at radius 1 is 0.915 bits per heavy atom. The van der Waals surface area contributed by atoms with Crippen molar-refractivity contribution in [2.75, 3.05) is 89.7 Å². The quantitative estimate of drug-likeness (QED) is 0.0511. The predicted octanol–water partition coefficient (Wildman–Crippen LogP) is 2.88. The van der Waals surface area contributed by atoms with E-state index in [0.717, 1.165) is 11.1 Å². The summed E-state index contributed by atoms with van der Waals surface area (Å²) in [5.74, 6) is -2.37. The number of methoxy groups -OCH3 is 1. The Morgan fingerprint density at radius 3 is 2.28 bits per heavy atom. The van der Waals surface area contributed by atoms with Crippen LogP contribution >= 0.6 is 0 Å². The number of carbonyl (C=O) groups excluding carboxylic acids is 5. The van der Waals surface area contributed by atoms with Crippen molar-refractivity contribution in [3.8, 4) is 34.3 Å². The zero-order valence-electron chi connectivity index (χ0n) is 47.1. The summed E-state index contributed by atoms with van der Waals surface area (Å²) in [6.45, 7) is 10.0. The smallest absolute Gasteiger partial charge is 0.713 e. The summed E-state index contributed by atoms with van der Waals surface area (Å²) in [5.41, 5.74) is 11.6. The zero-order valence-corrected chi connectivity index (χ0v) is 53.4. The second-order valence-electron chi connectivity index (χ2n) is 20.4. The first kappa shape index (κ1) is 64.9. The van der Waals surface area contributed by atoms with Crippen molar-refractivity contribution in [1.29, 1.82) is 5.26 Å². The maximum Gasteiger partial charge on any atom is 1.00 e. The largest absolute Gasteiger partial charge is 1.00 e. The number of aliphatic hydroxyl groups excluding tert-OH is 1. The molecule has 0 aliphatic carbocycles. The van der Waals surface area contributed by atoms with Crippen LogP contribution in [0.1, 0.15) is 74.1 Å². The molecule has 5 amide bonds. The molecule has 5 N–H and O–H groups in total. The molecule has 82 heavy (non-hydrogen) atoms. The number of piperazine rings is 1. The van der Waals surface area contributed by atoms with Gasteiger partial charge in [0.05, 0.1) is 87.8 Å². The van der Waals surface area contributed by atoms with E-state index in [1.807, 2.05) is 43.9 Å². The topological polar surface area (TPSA) is 275 Å². The van der Waals surface area contributed by atoms with E-state index in [2.05, 4.69) is 43.0 Å². The van der Waals surface area contributed by atoms with Crippen molar-refractivity contribution in [2.45, 2.75) is 71.7 Å². The van der Waals surface area contributed by atoms with E-state index < -0.39 is 53.0 Å².